The van der Waals surface area contributed by atoms with Crippen molar-refractivity contribution in [2.75, 3.05) is 6.54 Å². The van der Waals surface area contributed by atoms with Gasteiger partial charge < -0.3 is 9.73 Å². The molecule has 0 aliphatic heterocycles. The number of aromatic nitrogens is 2. The minimum Gasteiger partial charge on any atom is -0.464 e. The fraction of sp³-hybridized carbons (Fsp3) is 0.562. The van der Waals surface area contributed by atoms with Gasteiger partial charge in [0.25, 0.3) is 0 Å². The van der Waals surface area contributed by atoms with E-state index in [0.29, 0.717) is 6.04 Å². The van der Waals surface area contributed by atoms with Crippen molar-refractivity contribution in [1.82, 2.24) is 15.1 Å². The Morgan fingerprint density at radius 2 is 2.05 bits per heavy atom. The van der Waals surface area contributed by atoms with E-state index in [-0.39, 0.29) is 6.04 Å². The molecule has 0 amide bonds. The van der Waals surface area contributed by atoms with Crippen LogP contribution in [0.15, 0.2) is 28.8 Å². The molecule has 0 fully saturated rings. The largest absolute Gasteiger partial charge is 0.464 e. The molecule has 2 heterocycles. The average molecular weight is 275 g/mol. The van der Waals surface area contributed by atoms with Gasteiger partial charge in [0.15, 0.2) is 0 Å². The highest BCUT2D eigenvalue weighted by Gasteiger charge is 2.16. The molecule has 20 heavy (non-hydrogen) atoms. The van der Waals surface area contributed by atoms with Gasteiger partial charge in [-0.2, -0.15) is 5.10 Å². The van der Waals surface area contributed by atoms with Crippen molar-refractivity contribution in [3.05, 3.63) is 41.6 Å². The lowest BCUT2D eigenvalue weighted by atomic mass is 10.1. The molecule has 4 heteroatoms. The number of aryl methyl sites for hydroxylation is 1. The Morgan fingerprint density at radius 3 is 2.60 bits per heavy atom. The molecule has 1 N–H and O–H groups in total. The van der Waals surface area contributed by atoms with Crippen molar-refractivity contribution >= 4 is 0 Å². The van der Waals surface area contributed by atoms with Crippen molar-refractivity contribution in [2.24, 2.45) is 0 Å². The van der Waals surface area contributed by atoms with Crippen LogP contribution < -0.4 is 5.32 Å². The monoisotopic (exact) mass is 275 g/mol. The maximum Gasteiger partial charge on any atom is 0.121 e. The van der Waals surface area contributed by atoms with Crippen LogP contribution in [-0.2, 0) is 12.8 Å². The van der Waals surface area contributed by atoms with Gasteiger partial charge in [0.05, 0.1) is 11.7 Å². The van der Waals surface area contributed by atoms with Crippen LogP contribution in [-0.4, -0.2) is 16.3 Å². The van der Waals surface area contributed by atoms with Gasteiger partial charge in [-0.1, -0.05) is 13.8 Å². The second kappa shape index (κ2) is 6.75. The third kappa shape index (κ3) is 3.51. The zero-order chi connectivity index (χ0) is 14.5. The normalized spacial score (nSPS) is 13.1. The van der Waals surface area contributed by atoms with Crippen LogP contribution in [0.3, 0.4) is 0 Å². The standard InChI is InChI=1S/C16H25N3O/c1-5-14-7-8-16(20-14)15(17-6-2)11-13-9-10-19(18-13)12(3)4/h7-10,12,15,17H,5-6,11H2,1-4H3. The van der Waals surface area contributed by atoms with Crippen molar-refractivity contribution in [3.63, 3.8) is 0 Å². The summed E-state index contributed by atoms with van der Waals surface area (Å²) in [7, 11) is 0. The van der Waals surface area contributed by atoms with Crippen LogP contribution in [0.2, 0.25) is 0 Å². The molecule has 4 nitrogen and oxygen atoms in total. The first-order chi connectivity index (χ1) is 9.63. The molecule has 1 atom stereocenters. The zero-order valence-corrected chi connectivity index (χ0v) is 12.9. The highest BCUT2D eigenvalue weighted by atomic mass is 16.3. The van der Waals surface area contributed by atoms with Gasteiger partial charge in [-0.15, -0.1) is 0 Å². The zero-order valence-electron chi connectivity index (χ0n) is 12.9. The number of hydrogen-bond donors (Lipinski definition) is 1. The fourth-order valence-corrected chi connectivity index (χ4v) is 2.27. The van der Waals surface area contributed by atoms with Crippen molar-refractivity contribution in [2.45, 2.75) is 52.6 Å². The number of nitrogens with one attached hydrogen (secondary N) is 1. The second-order valence-corrected chi connectivity index (χ2v) is 5.35. The summed E-state index contributed by atoms with van der Waals surface area (Å²) >= 11 is 0. The highest BCUT2D eigenvalue weighted by molar-refractivity contribution is 5.14. The molecule has 2 rings (SSSR count). The first-order valence-corrected chi connectivity index (χ1v) is 7.50. The van der Waals surface area contributed by atoms with Crippen molar-refractivity contribution < 1.29 is 4.42 Å². The number of rotatable bonds is 7. The number of hydrogen-bond acceptors (Lipinski definition) is 3. The van der Waals surface area contributed by atoms with E-state index < -0.39 is 0 Å². The summed E-state index contributed by atoms with van der Waals surface area (Å²) in [5.41, 5.74) is 1.10. The molecule has 0 aliphatic carbocycles. The SMILES string of the molecule is CCNC(Cc1ccn(C(C)C)n1)c1ccc(CC)o1. The first kappa shape index (κ1) is 14.9. The molecule has 0 aliphatic rings. The summed E-state index contributed by atoms with van der Waals surface area (Å²) in [6.07, 6.45) is 3.83. The summed E-state index contributed by atoms with van der Waals surface area (Å²) in [4.78, 5) is 0. The van der Waals surface area contributed by atoms with E-state index in [0.717, 1.165) is 36.6 Å². The van der Waals surface area contributed by atoms with Gasteiger partial charge in [-0.3, -0.25) is 4.68 Å². The Balaban J connectivity index is 2.11. The van der Waals surface area contributed by atoms with E-state index in [1.54, 1.807) is 0 Å². The Bertz CT molecular complexity index is 527. The lowest BCUT2D eigenvalue weighted by molar-refractivity contribution is 0.393. The average Bonchev–Trinajstić information content (AvgIpc) is 3.07. The fourth-order valence-electron chi connectivity index (χ4n) is 2.27. The third-order valence-corrected chi connectivity index (χ3v) is 3.43. The summed E-state index contributed by atoms with van der Waals surface area (Å²) in [6, 6.07) is 6.82. The smallest absolute Gasteiger partial charge is 0.121 e. The number of nitrogens with zero attached hydrogens (tertiary/aromatic N) is 2. The molecule has 0 saturated heterocycles. The first-order valence-electron chi connectivity index (χ1n) is 7.50. The molecule has 2 aromatic rings. The van der Waals surface area contributed by atoms with E-state index in [9.17, 15) is 0 Å². The van der Waals surface area contributed by atoms with Gasteiger partial charge in [0.1, 0.15) is 11.5 Å². The highest BCUT2D eigenvalue weighted by Crippen LogP contribution is 2.21. The Morgan fingerprint density at radius 1 is 1.25 bits per heavy atom. The molecule has 0 bridgehead atoms. The van der Waals surface area contributed by atoms with Crippen LogP contribution in [0.25, 0.3) is 0 Å². The predicted molar refractivity (Wildman–Crippen MR) is 80.8 cm³/mol. The van der Waals surface area contributed by atoms with E-state index in [1.807, 2.05) is 10.9 Å². The van der Waals surface area contributed by atoms with Gasteiger partial charge in [0, 0.05) is 25.1 Å². The Labute approximate surface area is 121 Å². The van der Waals surface area contributed by atoms with Crippen molar-refractivity contribution in [1.29, 1.82) is 0 Å². The summed E-state index contributed by atoms with van der Waals surface area (Å²) < 4.78 is 7.87. The molecule has 2 aromatic heterocycles. The van der Waals surface area contributed by atoms with Crippen molar-refractivity contribution in [3.8, 4) is 0 Å². The van der Waals surface area contributed by atoms with E-state index in [2.05, 4.69) is 56.3 Å². The second-order valence-electron chi connectivity index (χ2n) is 5.35. The van der Waals surface area contributed by atoms with E-state index in [1.165, 1.54) is 0 Å². The van der Waals surface area contributed by atoms with Crippen LogP contribution in [0, 0.1) is 0 Å². The predicted octanol–water partition coefficient (Wildman–Crippen LogP) is 3.51. The number of likely N-dealkylation sites (N-methyl/N-ethyl adjacent to an activating group) is 1. The summed E-state index contributed by atoms with van der Waals surface area (Å²) in [5, 5.41) is 8.10. The molecular formula is C16H25N3O. The minimum atomic E-state index is 0.191. The molecule has 110 valence electrons. The van der Waals surface area contributed by atoms with Gasteiger partial charge in [0.2, 0.25) is 0 Å². The number of furan rings is 1. The van der Waals surface area contributed by atoms with Gasteiger partial charge in [-0.25, -0.2) is 0 Å². The quantitative estimate of drug-likeness (QED) is 0.841. The summed E-state index contributed by atoms with van der Waals surface area (Å²) in [6.45, 7) is 9.41. The summed E-state index contributed by atoms with van der Waals surface area (Å²) in [5.74, 6) is 2.04. The van der Waals surface area contributed by atoms with Crippen LogP contribution in [0.5, 0.6) is 0 Å². The van der Waals surface area contributed by atoms with Gasteiger partial charge >= 0.3 is 0 Å². The molecule has 0 radical (unpaired) electrons. The van der Waals surface area contributed by atoms with Gasteiger partial charge in [-0.05, 0) is 38.6 Å². The van der Waals surface area contributed by atoms with E-state index >= 15 is 0 Å². The minimum absolute atomic E-state index is 0.191. The Hall–Kier alpha value is -1.55. The third-order valence-electron chi connectivity index (χ3n) is 3.43. The topological polar surface area (TPSA) is 43.0 Å². The molecule has 0 saturated carbocycles. The van der Waals surface area contributed by atoms with Crippen LogP contribution in [0.4, 0.5) is 0 Å². The molecule has 1 unspecified atom stereocenters. The lowest BCUT2D eigenvalue weighted by Crippen LogP contribution is -2.22. The molecular weight excluding hydrogens is 250 g/mol. The van der Waals surface area contributed by atoms with Crippen LogP contribution >= 0.6 is 0 Å². The molecule has 0 aromatic carbocycles. The van der Waals surface area contributed by atoms with E-state index in [4.69, 9.17) is 4.42 Å². The Kier molecular flexibility index (Phi) is 5.01. The van der Waals surface area contributed by atoms with Crippen LogP contribution in [0.1, 0.15) is 57.0 Å². The molecule has 0 spiro atoms. The maximum atomic E-state index is 5.88. The lowest BCUT2D eigenvalue weighted by Gasteiger charge is -2.14. The maximum absolute atomic E-state index is 5.88.